The molecule has 6 nitrogen and oxygen atoms in total. The average Bonchev–Trinajstić information content (AvgIpc) is 2.75. The van der Waals surface area contributed by atoms with E-state index >= 15 is 0 Å². The van der Waals surface area contributed by atoms with Gasteiger partial charge in [0.25, 0.3) is 0 Å². The van der Waals surface area contributed by atoms with Crippen molar-refractivity contribution in [3.8, 4) is 11.5 Å². The summed E-state index contributed by atoms with van der Waals surface area (Å²) in [6.45, 7) is 4.85. The number of hydrogen-bond donors (Lipinski definition) is 3. The van der Waals surface area contributed by atoms with Gasteiger partial charge in [-0.05, 0) is 93.1 Å². The van der Waals surface area contributed by atoms with Gasteiger partial charge in [-0.15, -0.1) is 0 Å². The summed E-state index contributed by atoms with van der Waals surface area (Å²) in [4.78, 5) is 2.39. The lowest BCUT2D eigenvalue weighted by molar-refractivity contribution is 0.218. The van der Waals surface area contributed by atoms with E-state index in [4.69, 9.17) is 17.0 Å². The number of hydrogen-bond acceptors (Lipinski definition) is 5. The Morgan fingerprint density at radius 1 is 1.14 bits per heavy atom. The minimum Gasteiger partial charge on any atom is -0.508 e. The summed E-state index contributed by atoms with van der Waals surface area (Å²) in [7, 11) is 1.63. The summed E-state index contributed by atoms with van der Waals surface area (Å²) in [6, 6.07) is 13.1. The predicted molar refractivity (Wildman–Crippen MR) is 122 cm³/mol. The Morgan fingerprint density at radius 2 is 1.86 bits per heavy atom. The van der Waals surface area contributed by atoms with Gasteiger partial charge >= 0.3 is 0 Å². The number of thiocarbonyl (C=S) groups is 1. The van der Waals surface area contributed by atoms with Crippen LogP contribution in [0.25, 0.3) is 0 Å². The summed E-state index contributed by atoms with van der Waals surface area (Å²) in [6.07, 6.45) is 3.75. The summed E-state index contributed by atoms with van der Waals surface area (Å²) in [5, 5.41) is 18.1. The minimum atomic E-state index is 0.330. The van der Waals surface area contributed by atoms with E-state index in [0.29, 0.717) is 10.9 Å². The van der Waals surface area contributed by atoms with E-state index in [-0.39, 0.29) is 0 Å². The lowest BCUT2D eigenvalue weighted by Gasteiger charge is -2.26. The third kappa shape index (κ3) is 6.17. The highest BCUT2D eigenvalue weighted by Gasteiger charge is 2.13. The van der Waals surface area contributed by atoms with Crippen LogP contribution >= 0.6 is 12.2 Å². The van der Waals surface area contributed by atoms with Gasteiger partial charge in [-0.25, -0.2) is 0 Å². The first-order chi connectivity index (χ1) is 14.0. The maximum atomic E-state index is 10.2. The zero-order valence-electron chi connectivity index (χ0n) is 16.9. The molecule has 2 aromatic carbocycles. The molecule has 0 atom stereocenters. The predicted octanol–water partition coefficient (Wildman–Crippen LogP) is 4.10. The number of piperidine rings is 1. The quantitative estimate of drug-likeness (QED) is 0.377. The molecule has 3 rings (SSSR count). The maximum Gasteiger partial charge on any atom is 0.191 e. The number of likely N-dealkylation sites (tertiary alicyclic amines) is 1. The Hall–Kier alpha value is -2.64. The topological polar surface area (TPSA) is 69.1 Å². The van der Waals surface area contributed by atoms with Crippen molar-refractivity contribution in [2.75, 3.05) is 25.5 Å². The molecule has 1 saturated heterocycles. The van der Waals surface area contributed by atoms with Gasteiger partial charge in [0.1, 0.15) is 11.5 Å². The van der Waals surface area contributed by atoms with Crippen LogP contribution in [-0.4, -0.2) is 41.0 Å². The molecule has 154 valence electrons. The minimum absolute atomic E-state index is 0.330. The highest BCUT2D eigenvalue weighted by molar-refractivity contribution is 7.80. The third-order valence-electron chi connectivity index (χ3n) is 5.01. The van der Waals surface area contributed by atoms with Crippen molar-refractivity contribution in [1.29, 1.82) is 0 Å². The fourth-order valence-corrected chi connectivity index (χ4v) is 3.49. The van der Waals surface area contributed by atoms with Gasteiger partial charge in [0.15, 0.2) is 5.11 Å². The van der Waals surface area contributed by atoms with Gasteiger partial charge in [-0.3, -0.25) is 10.3 Å². The van der Waals surface area contributed by atoms with E-state index in [1.165, 1.54) is 19.3 Å². The van der Waals surface area contributed by atoms with Gasteiger partial charge in [0.05, 0.1) is 12.8 Å². The van der Waals surface area contributed by atoms with Crippen LogP contribution in [0.5, 0.6) is 11.5 Å². The van der Waals surface area contributed by atoms with Gasteiger partial charge in [-0.1, -0.05) is 6.42 Å². The Balaban J connectivity index is 1.60. The zero-order chi connectivity index (χ0) is 20.6. The molecule has 7 heteroatoms. The number of aromatic hydroxyl groups is 1. The highest BCUT2D eigenvalue weighted by atomic mass is 32.1. The maximum absolute atomic E-state index is 10.2. The summed E-state index contributed by atoms with van der Waals surface area (Å²) in [5.41, 5.74) is 6.41. The van der Waals surface area contributed by atoms with Crippen LogP contribution in [0.15, 0.2) is 47.6 Å². The smallest absolute Gasteiger partial charge is 0.191 e. The van der Waals surface area contributed by atoms with Crippen LogP contribution in [0.3, 0.4) is 0 Å². The van der Waals surface area contributed by atoms with Gasteiger partial charge in [0.2, 0.25) is 0 Å². The molecule has 29 heavy (non-hydrogen) atoms. The van der Waals surface area contributed by atoms with Crippen molar-refractivity contribution in [1.82, 2.24) is 10.3 Å². The van der Waals surface area contributed by atoms with Crippen LogP contribution in [0.1, 0.15) is 37.3 Å². The fraction of sp³-hybridized carbons (Fsp3) is 0.364. The molecular weight excluding hydrogens is 384 g/mol. The Kier molecular flexibility index (Phi) is 7.43. The molecule has 0 aliphatic carbocycles. The van der Waals surface area contributed by atoms with Crippen molar-refractivity contribution >= 4 is 28.7 Å². The van der Waals surface area contributed by atoms with Gasteiger partial charge in [0, 0.05) is 17.8 Å². The number of benzene rings is 2. The van der Waals surface area contributed by atoms with Crippen molar-refractivity contribution in [3.63, 3.8) is 0 Å². The van der Waals surface area contributed by atoms with Gasteiger partial charge < -0.3 is 15.2 Å². The molecule has 1 fully saturated rings. The lowest BCUT2D eigenvalue weighted by Crippen LogP contribution is -2.29. The molecule has 0 bridgehead atoms. The van der Waals surface area contributed by atoms with Crippen LogP contribution < -0.4 is 15.5 Å². The van der Waals surface area contributed by atoms with Crippen LogP contribution in [0.2, 0.25) is 0 Å². The number of hydrazone groups is 1. The van der Waals surface area contributed by atoms with E-state index in [1.807, 2.05) is 43.3 Å². The Morgan fingerprint density at radius 3 is 2.55 bits per heavy atom. The Labute approximate surface area is 177 Å². The van der Waals surface area contributed by atoms with Crippen molar-refractivity contribution < 1.29 is 9.84 Å². The molecule has 3 N–H and O–H groups in total. The number of nitrogens with one attached hydrogen (secondary N) is 2. The summed E-state index contributed by atoms with van der Waals surface area (Å²) >= 11 is 5.31. The molecule has 0 unspecified atom stereocenters. The normalized spacial score (nSPS) is 15.0. The molecular formula is C22H28N4O2S. The largest absolute Gasteiger partial charge is 0.508 e. The molecule has 1 heterocycles. The molecule has 2 aromatic rings. The first kappa shape index (κ1) is 21.1. The second kappa shape index (κ2) is 10.2. The molecule has 0 aromatic heterocycles. The summed E-state index contributed by atoms with van der Waals surface area (Å²) < 4.78 is 5.15. The van der Waals surface area contributed by atoms with E-state index in [9.17, 15) is 5.11 Å². The fourth-order valence-electron chi connectivity index (χ4n) is 3.33. The van der Waals surface area contributed by atoms with Crippen LogP contribution in [0.4, 0.5) is 5.69 Å². The monoisotopic (exact) mass is 412 g/mol. The van der Waals surface area contributed by atoms with E-state index in [2.05, 4.69) is 20.7 Å². The number of rotatable bonds is 6. The number of anilines is 1. The second-order valence-electron chi connectivity index (χ2n) is 7.17. The molecule has 0 radical (unpaired) electrons. The molecule has 1 aliphatic rings. The molecule has 0 amide bonds. The number of phenols is 1. The van der Waals surface area contributed by atoms with Crippen LogP contribution in [-0.2, 0) is 6.54 Å². The lowest BCUT2D eigenvalue weighted by atomic mass is 10.0. The number of methoxy groups -OCH3 is 1. The van der Waals surface area contributed by atoms with Crippen LogP contribution in [0, 0.1) is 0 Å². The second-order valence-corrected chi connectivity index (χ2v) is 7.58. The first-order valence-electron chi connectivity index (χ1n) is 9.85. The molecule has 0 spiro atoms. The third-order valence-corrected chi connectivity index (χ3v) is 5.21. The van der Waals surface area contributed by atoms with E-state index < -0.39 is 0 Å². The van der Waals surface area contributed by atoms with Crippen molar-refractivity contribution in [2.45, 2.75) is 32.7 Å². The molecule has 1 aliphatic heterocycles. The standard InChI is InChI=1S/C22H28N4O2S/c1-16(24-25-22(29)23-19-7-9-20(28-2)10-8-19)17-6-11-21(27)18(14-17)15-26-12-4-3-5-13-26/h6-11,14,27H,3-5,12-13,15H2,1-2H3,(H2,23,25,29)/b24-16+. The summed E-state index contributed by atoms with van der Waals surface area (Å²) in [5.74, 6) is 1.12. The SMILES string of the molecule is COc1ccc(NC(=S)N/N=C(\C)c2ccc(O)c(CN3CCCCC3)c2)cc1. The highest BCUT2D eigenvalue weighted by Crippen LogP contribution is 2.22. The average molecular weight is 413 g/mol. The van der Waals surface area contributed by atoms with E-state index in [1.54, 1.807) is 13.2 Å². The zero-order valence-corrected chi connectivity index (χ0v) is 17.8. The Bertz CT molecular complexity index is 862. The van der Waals surface area contributed by atoms with Gasteiger partial charge in [-0.2, -0.15) is 5.10 Å². The van der Waals surface area contributed by atoms with Crippen molar-refractivity contribution in [3.05, 3.63) is 53.6 Å². The number of ether oxygens (including phenoxy) is 1. The first-order valence-corrected chi connectivity index (χ1v) is 10.3. The molecule has 0 saturated carbocycles. The number of nitrogens with zero attached hydrogens (tertiary/aromatic N) is 2. The van der Waals surface area contributed by atoms with Crippen molar-refractivity contribution in [2.24, 2.45) is 5.10 Å². The number of phenolic OH excluding ortho intramolecular Hbond substituents is 1. The van der Waals surface area contributed by atoms with E-state index in [0.717, 1.165) is 47.9 Å².